The number of rotatable bonds is 3. The molecular formula is C45H25N3O2. The Morgan fingerprint density at radius 1 is 0.320 bits per heavy atom. The van der Waals surface area contributed by atoms with Crippen LogP contribution in [0.15, 0.2) is 160 Å². The zero-order valence-electron chi connectivity index (χ0n) is 26.6. The number of aromatic nitrogens is 3. The average molecular weight is 640 g/mol. The first-order valence-corrected chi connectivity index (χ1v) is 16.7. The van der Waals surface area contributed by atoms with Crippen LogP contribution in [-0.4, -0.2) is 15.0 Å². The first-order chi connectivity index (χ1) is 24.8. The van der Waals surface area contributed by atoms with Gasteiger partial charge in [0.05, 0.1) is 5.56 Å². The van der Waals surface area contributed by atoms with E-state index < -0.39 is 0 Å². The lowest BCUT2D eigenvalue weighted by Crippen LogP contribution is -2.01. The molecule has 0 aliphatic rings. The first-order valence-electron chi connectivity index (χ1n) is 16.7. The van der Waals surface area contributed by atoms with Crippen LogP contribution < -0.4 is 0 Å². The molecule has 3 heterocycles. The number of furan rings is 2. The van der Waals surface area contributed by atoms with Gasteiger partial charge in [0.25, 0.3) is 0 Å². The number of nitrogens with zero attached hydrogens (tertiary/aromatic N) is 3. The van der Waals surface area contributed by atoms with Crippen LogP contribution in [0.4, 0.5) is 0 Å². The fraction of sp³-hybridized carbons (Fsp3) is 0. The Kier molecular flexibility index (Phi) is 5.60. The van der Waals surface area contributed by atoms with Crippen molar-refractivity contribution in [2.45, 2.75) is 0 Å². The van der Waals surface area contributed by atoms with Gasteiger partial charge < -0.3 is 8.83 Å². The van der Waals surface area contributed by atoms with E-state index in [1.807, 2.05) is 42.5 Å². The number of para-hydroxylation sites is 2. The Labute approximate surface area is 285 Å². The van der Waals surface area contributed by atoms with Crippen LogP contribution in [0.1, 0.15) is 0 Å². The van der Waals surface area contributed by atoms with E-state index in [9.17, 15) is 0 Å². The minimum Gasteiger partial charge on any atom is -0.456 e. The molecule has 0 spiro atoms. The molecule has 11 rings (SSSR count). The maximum atomic E-state index is 6.67. The van der Waals surface area contributed by atoms with Crippen LogP contribution in [0.5, 0.6) is 0 Å². The van der Waals surface area contributed by atoms with E-state index in [1.165, 1.54) is 5.39 Å². The number of benzene rings is 8. The van der Waals surface area contributed by atoms with Crippen LogP contribution >= 0.6 is 0 Å². The summed E-state index contributed by atoms with van der Waals surface area (Å²) in [6.07, 6.45) is 0. The minimum atomic E-state index is 0.543. The summed E-state index contributed by atoms with van der Waals surface area (Å²) in [6, 6.07) is 52.1. The smallest absolute Gasteiger partial charge is 0.167 e. The molecule has 0 unspecified atom stereocenters. The van der Waals surface area contributed by atoms with E-state index in [0.717, 1.165) is 87.5 Å². The second-order valence-corrected chi connectivity index (χ2v) is 12.7. The molecule has 8 aromatic carbocycles. The first kappa shape index (κ1) is 27.1. The van der Waals surface area contributed by atoms with Crippen LogP contribution in [0, 0.1) is 0 Å². The number of hydrogen-bond donors (Lipinski definition) is 0. The maximum absolute atomic E-state index is 6.67. The van der Waals surface area contributed by atoms with E-state index in [-0.39, 0.29) is 0 Å². The summed E-state index contributed by atoms with van der Waals surface area (Å²) in [5.74, 6) is 1.70. The van der Waals surface area contributed by atoms with Gasteiger partial charge in [-0.15, -0.1) is 0 Å². The predicted octanol–water partition coefficient (Wildman–Crippen LogP) is 12.1. The van der Waals surface area contributed by atoms with Crippen LogP contribution in [0.25, 0.3) is 110 Å². The van der Waals surface area contributed by atoms with Crippen molar-refractivity contribution in [3.63, 3.8) is 0 Å². The van der Waals surface area contributed by atoms with Crippen molar-refractivity contribution in [1.29, 1.82) is 0 Å². The van der Waals surface area contributed by atoms with Gasteiger partial charge in [0.2, 0.25) is 0 Å². The van der Waals surface area contributed by atoms with Crippen molar-refractivity contribution >= 4 is 76.2 Å². The van der Waals surface area contributed by atoms with Gasteiger partial charge in [-0.3, -0.25) is 0 Å². The lowest BCUT2D eigenvalue weighted by atomic mass is 9.96. The van der Waals surface area contributed by atoms with Gasteiger partial charge in [0.15, 0.2) is 17.5 Å². The van der Waals surface area contributed by atoms with E-state index in [0.29, 0.717) is 17.5 Å². The van der Waals surface area contributed by atoms with Gasteiger partial charge in [0.1, 0.15) is 22.3 Å². The van der Waals surface area contributed by atoms with Crippen molar-refractivity contribution in [1.82, 2.24) is 15.0 Å². The van der Waals surface area contributed by atoms with Gasteiger partial charge in [-0.25, -0.2) is 15.0 Å². The normalized spacial score (nSPS) is 12.0. The lowest BCUT2D eigenvalue weighted by molar-refractivity contribution is 0.668. The van der Waals surface area contributed by atoms with Crippen molar-refractivity contribution < 1.29 is 8.83 Å². The van der Waals surface area contributed by atoms with E-state index in [2.05, 4.69) is 109 Å². The van der Waals surface area contributed by atoms with Crippen LogP contribution in [0.2, 0.25) is 0 Å². The average Bonchev–Trinajstić information content (AvgIpc) is 3.76. The Morgan fingerprint density at radius 2 is 0.820 bits per heavy atom. The van der Waals surface area contributed by atoms with Gasteiger partial charge in [-0.2, -0.15) is 0 Å². The van der Waals surface area contributed by atoms with Crippen LogP contribution in [0.3, 0.4) is 0 Å². The second kappa shape index (κ2) is 10.3. The highest BCUT2D eigenvalue weighted by molar-refractivity contribution is 6.22. The molecule has 0 fully saturated rings. The Balaban J connectivity index is 1.28. The zero-order valence-corrected chi connectivity index (χ0v) is 26.6. The van der Waals surface area contributed by atoms with Gasteiger partial charge >= 0.3 is 0 Å². The predicted molar refractivity (Wildman–Crippen MR) is 203 cm³/mol. The van der Waals surface area contributed by atoms with E-state index >= 15 is 0 Å². The molecule has 50 heavy (non-hydrogen) atoms. The molecule has 0 N–H and O–H groups in total. The maximum Gasteiger partial charge on any atom is 0.167 e. The molecular weight excluding hydrogens is 615 g/mol. The highest BCUT2D eigenvalue weighted by Gasteiger charge is 2.22. The SMILES string of the molecule is c1ccc2c(c1)cc(-c1nc(-c3cc4ccccc4c4c3oc3ccccc34)nc(-c3cccc4oc5ccccc5c34)n1)c1ccccc12. The molecule has 0 atom stereocenters. The Hall–Kier alpha value is -6.85. The van der Waals surface area contributed by atoms with E-state index in [4.69, 9.17) is 23.8 Å². The lowest BCUT2D eigenvalue weighted by Gasteiger charge is -2.13. The minimum absolute atomic E-state index is 0.543. The largest absolute Gasteiger partial charge is 0.456 e. The summed E-state index contributed by atoms with van der Waals surface area (Å²) in [6.45, 7) is 0. The van der Waals surface area contributed by atoms with Gasteiger partial charge in [0, 0.05) is 32.7 Å². The third-order valence-corrected chi connectivity index (χ3v) is 9.90. The summed E-state index contributed by atoms with van der Waals surface area (Å²) in [5.41, 5.74) is 5.82. The number of hydrogen-bond acceptors (Lipinski definition) is 5. The molecule has 0 aliphatic heterocycles. The van der Waals surface area contributed by atoms with Crippen molar-refractivity contribution in [2.75, 3.05) is 0 Å². The molecule has 0 saturated carbocycles. The standard InChI is InChI=1S/C45H25N3O2/c1-3-14-28-26(12-1)24-35(31-17-6-5-16-30(28)31)44-46-43(34-20-11-23-39-40(34)32-18-7-9-21-37(32)49-39)47-45(48-44)36-25-27-13-2-4-15-29(27)41-33-19-8-10-22-38(33)50-42(36)41/h1-25H. The molecule has 3 aromatic heterocycles. The fourth-order valence-electron chi connectivity index (χ4n) is 7.68. The van der Waals surface area contributed by atoms with Crippen molar-refractivity contribution in [3.05, 3.63) is 152 Å². The summed E-state index contributed by atoms with van der Waals surface area (Å²) in [7, 11) is 0. The zero-order chi connectivity index (χ0) is 32.8. The highest BCUT2D eigenvalue weighted by atomic mass is 16.3. The quantitative estimate of drug-likeness (QED) is 0.180. The third kappa shape index (κ3) is 3.92. The van der Waals surface area contributed by atoms with Crippen molar-refractivity contribution in [2.24, 2.45) is 0 Å². The monoisotopic (exact) mass is 639 g/mol. The third-order valence-electron chi connectivity index (χ3n) is 9.90. The molecule has 0 radical (unpaired) electrons. The molecule has 0 bridgehead atoms. The molecule has 11 aromatic rings. The van der Waals surface area contributed by atoms with Crippen LogP contribution in [-0.2, 0) is 0 Å². The van der Waals surface area contributed by atoms with Crippen molar-refractivity contribution in [3.8, 4) is 34.2 Å². The van der Waals surface area contributed by atoms with Gasteiger partial charge in [-0.1, -0.05) is 121 Å². The highest BCUT2D eigenvalue weighted by Crippen LogP contribution is 2.42. The summed E-state index contributed by atoms with van der Waals surface area (Å²) < 4.78 is 13.0. The molecule has 5 nitrogen and oxygen atoms in total. The summed E-state index contributed by atoms with van der Waals surface area (Å²) in [5, 5.41) is 10.9. The molecule has 0 amide bonds. The molecule has 0 saturated heterocycles. The summed E-state index contributed by atoms with van der Waals surface area (Å²) >= 11 is 0. The topological polar surface area (TPSA) is 65.0 Å². The molecule has 232 valence electrons. The van der Waals surface area contributed by atoms with Gasteiger partial charge in [-0.05, 0) is 62.6 Å². The Bertz CT molecular complexity index is 3170. The fourth-order valence-corrected chi connectivity index (χ4v) is 7.68. The van der Waals surface area contributed by atoms with E-state index in [1.54, 1.807) is 0 Å². The Morgan fingerprint density at radius 3 is 1.58 bits per heavy atom. The summed E-state index contributed by atoms with van der Waals surface area (Å²) in [4.78, 5) is 15.9. The second-order valence-electron chi connectivity index (χ2n) is 12.7. The molecule has 5 heteroatoms. The number of fused-ring (bicyclic) bond motifs is 11. The molecule has 0 aliphatic carbocycles.